The van der Waals surface area contributed by atoms with E-state index in [4.69, 9.17) is 0 Å². The molecule has 0 unspecified atom stereocenters. The number of hydrogen-bond acceptors (Lipinski definition) is 2. The smallest absolute Gasteiger partial charge is 0.324 e. The van der Waals surface area contributed by atoms with Crippen molar-refractivity contribution in [2.75, 3.05) is 16.8 Å². The van der Waals surface area contributed by atoms with Gasteiger partial charge in [0.25, 0.3) is 0 Å². The summed E-state index contributed by atoms with van der Waals surface area (Å²) >= 11 is 0. The molecule has 4 nitrogen and oxygen atoms in total. The van der Waals surface area contributed by atoms with Gasteiger partial charge in [-0.1, -0.05) is 24.3 Å². The number of nitrogens with one attached hydrogen (secondary N) is 1. The van der Waals surface area contributed by atoms with Crippen molar-refractivity contribution in [3.05, 3.63) is 59.2 Å². The number of anilines is 2. The first kappa shape index (κ1) is 19.5. The molecule has 2 aromatic rings. The fourth-order valence-corrected chi connectivity index (χ4v) is 2.57. The average Bonchev–Trinajstić information content (AvgIpc) is 2.55. The van der Waals surface area contributed by atoms with Crippen molar-refractivity contribution < 1.29 is 22.8 Å². The molecule has 0 aliphatic heterocycles. The van der Waals surface area contributed by atoms with Gasteiger partial charge in [0.15, 0.2) is 0 Å². The molecule has 2 rings (SSSR count). The van der Waals surface area contributed by atoms with Gasteiger partial charge < -0.3 is 10.2 Å². The molecule has 7 heteroatoms. The summed E-state index contributed by atoms with van der Waals surface area (Å²) in [6.45, 7) is 4.48. The van der Waals surface area contributed by atoms with Gasteiger partial charge in [-0.2, -0.15) is 13.2 Å². The first-order valence-electron chi connectivity index (χ1n) is 7.91. The third kappa shape index (κ3) is 4.62. The lowest BCUT2D eigenvalue weighted by Crippen LogP contribution is -2.37. The SMILES string of the molecule is CC(=O)N(CC(=O)Nc1c(C)cccc1C)c1cccc(C(F)(F)F)c1. The van der Waals surface area contributed by atoms with Gasteiger partial charge in [0.05, 0.1) is 5.56 Å². The highest BCUT2D eigenvalue weighted by Crippen LogP contribution is 2.31. The molecule has 0 radical (unpaired) electrons. The van der Waals surface area contributed by atoms with E-state index in [9.17, 15) is 22.8 Å². The van der Waals surface area contributed by atoms with Gasteiger partial charge >= 0.3 is 6.18 Å². The molecule has 0 aromatic heterocycles. The minimum atomic E-state index is -4.53. The van der Waals surface area contributed by atoms with E-state index < -0.39 is 23.6 Å². The van der Waals surface area contributed by atoms with Gasteiger partial charge in [0.1, 0.15) is 6.54 Å². The minimum Gasteiger partial charge on any atom is -0.324 e. The van der Waals surface area contributed by atoms with Crippen LogP contribution in [-0.4, -0.2) is 18.4 Å². The molecule has 2 aromatic carbocycles. The zero-order chi connectivity index (χ0) is 19.5. The summed E-state index contributed by atoms with van der Waals surface area (Å²) in [5, 5.41) is 2.72. The molecule has 0 aliphatic carbocycles. The van der Waals surface area contributed by atoms with E-state index >= 15 is 0 Å². The number of benzene rings is 2. The van der Waals surface area contributed by atoms with Gasteiger partial charge in [0.2, 0.25) is 11.8 Å². The van der Waals surface area contributed by atoms with Gasteiger partial charge in [-0.15, -0.1) is 0 Å². The van der Waals surface area contributed by atoms with Crippen LogP contribution in [0.5, 0.6) is 0 Å². The second-order valence-corrected chi connectivity index (χ2v) is 5.97. The van der Waals surface area contributed by atoms with Crippen molar-refractivity contribution in [3.8, 4) is 0 Å². The zero-order valence-electron chi connectivity index (χ0n) is 14.6. The standard InChI is InChI=1S/C19H19F3N2O2/c1-12-6-4-7-13(2)18(12)23-17(26)11-24(14(3)25)16-9-5-8-15(10-16)19(20,21)22/h4-10H,11H2,1-3H3,(H,23,26). The number of hydrogen-bond donors (Lipinski definition) is 1. The zero-order valence-corrected chi connectivity index (χ0v) is 14.6. The fourth-order valence-electron chi connectivity index (χ4n) is 2.57. The van der Waals surface area contributed by atoms with E-state index in [0.717, 1.165) is 28.2 Å². The lowest BCUT2D eigenvalue weighted by Gasteiger charge is -2.22. The van der Waals surface area contributed by atoms with Crippen LogP contribution in [0.1, 0.15) is 23.6 Å². The van der Waals surface area contributed by atoms with Crippen LogP contribution in [0.25, 0.3) is 0 Å². The molecule has 0 saturated heterocycles. The molecule has 0 fully saturated rings. The van der Waals surface area contributed by atoms with E-state index in [1.807, 2.05) is 32.0 Å². The summed E-state index contributed by atoms with van der Waals surface area (Å²) in [4.78, 5) is 25.3. The highest BCUT2D eigenvalue weighted by atomic mass is 19.4. The number of halogens is 3. The van der Waals surface area contributed by atoms with E-state index in [1.165, 1.54) is 19.1 Å². The largest absolute Gasteiger partial charge is 0.416 e. The lowest BCUT2D eigenvalue weighted by molar-refractivity contribution is -0.137. The van der Waals surface area contributed by atoms with Crippen molar-refractivity contribution in [2.45, 2.75) is 26.9 Å². The first-order chi connectivity index (χ1) is 12.1. The number of carbonyl (C=O) groups excluding carboxylic acids is 2. The molecule has 26 heavy (non-hydrogen) atoms. The quantitative estimate of drug-likeness (QED) is 0.879. The number of para-hydroxylation sites is 1. The van der Waals surface area contributed by atoms with Gasteiger partial charge in [-0.3, -0.25) is 9.59 Å². The summed E-state index contributed by atoms with van der Waals surface area (Å²) in [5.41, 5.74) is 1.48. The number of carbonyl (C=O) groups is 2. The summed E-state index contributed by atoms with van der Waals surface area (Å²) < 4.78 is 38.7. The third-order valence-electron chi connectivity index (χ3n) is 3.91. The maximum Gasteiger partial charge on any atom is 0.416 e. The van der Waals surface area contributed by atoms with Crippen LogP contribution < -0.4 is 10.2 Å². The average molecular weight is 364 g/mol. The maximum atomic E-state index is 12.9. The van der Waals surface area contributed by atoms with Gasteiger partial charge in [0, 0.05) is 18.3 Å². The predicted molar refractivity (Wildman–Crippen MR) is 94.0 cm³/mol. The highest BCUT2D eigenvalue weighted by Gasteiger charge is 2.31. The van der Waals surface area contributed by atoms with Gasteiger partial charge in [-0.25, -0.2) is 0 Å². The van der Waals surface area contributed by atoms with Crippen LogP contribution in [0, 0.1) is 13.8 Å². The topological polar surface area (TPSA) is 49.4 Å². The van der Waals surface area contributed by atoms with Gasteiger partial charge in [-0.05, 0) is 43.2 Å². The Labute approximate surface area is 149 Å². The van der Waals surface area contributed by atoms with Crippen LogP contribution in [-0.2, 0) is 15.8 Å². The summed E-state index contributed by atoms with van der Waals surface area (Å²) in [7, 11) is 0. The van der Waals surface area contributed by atoms with Crippen LogP contribution in [0.3, 0.4) is 0 Å². The molecule has 138 valence electrons. The third-order valence-corrected chi connectivity index (χ3v) is 3.91. The molecule has 0 saturated carbocycles. The minimum absolute atomic E-state index is 0.0176. The molecule has 0 spiro atoms. The Bertz CT molecular complexity index is 812. The molecule has 0 atom stereocenters. The van der Waals surface area contributed by atoms with E-state index in [1.54, 1.807) is 0 Å². The van der Waals surface area contributed by atoms with Crippen molar-refractivity contribution >= 4 is 23.2 Å². The Hall–Kier alpha value is -2.83. The molecule has 2 amide bonds. The van der Waals surface area contributed by atoms with Crippen molar-refractivity contribution in [3.63, 3.8) is 0 Å². The number of aryl methyl sites for hydroxylation is 2. The number of nitrogens with zero attached hydrogens (tertiary/aromatic N) is 1. The van der Waals surface area contributed by atoms with Crippen molar-refractivity contribution in [2.24, 2.45) is 0 Å². The Morgan fingerprint density at radius 2 is 1.62 bits per heavy atom. The summed E-state index contributed by atoms with van der Waals surface area (Å²) in [6, 6.07) is 9.86. The number of amides is 2. The maximum absolute atomic E-state index is 12.9. The molecule has 0 bridgehead atoms. The Morgan fingerprint density at radius 3 is 2.15 bits per heavy atom. The molecule has 0 heterocycles. The van der Waals surface area contributed by atoms with Crippen LogP contribution in [0.2, 0.25) is 0 Å². The Balaban J connectivity index is 2.24. The van der Waals surface area contributed by atoms with Crippen molar-refractivity contribution in [1.82, 2.24) is 0 Å². The second kappa shape index (κ2) is 7.59. The molecular formula is C19H19F3N2O2. The van der Waals surface area contributed by atoms with Crippen LogP contribution in [0.4, 0.5) is 24.5 Å². The fraction of sp³-hybridized carbons (Fsp3) is 0.263. The molecular weight excluding hydrogens is 345 g/mol. The van der Waals surface area contributed by atoms with E-state index in [-0.39, 0.29) is 12.2 Å². The Kier molecular flexibility index (Phi) is 5.69. The Morgan fingerprint density at radius 1 is 1.04 bits per heavy atom. The number of rotatable bonds is 4. The monoisotopic (exact) mass is 364 g/mol. The van der Waals surface area contributed by atoms with E-state index in [0.29, 0.717) is 5.69 Å². The van der Waals surface area contributed by atoms with Crippen LogP contribution in [0.15, 0.2) is 42.5 Å². The van der Waals surface area contributed by atoms with E-state index in [2.05, 4.69) is 5.32 Å². The molecule has 1 N–H and O–H groups in total. The highest BCUT2D eigenvalue weighted by molar-refractivity contribution is 6.02. The summed E-state index contributed by atoms with van der Waals surface area (Å²) in [6.07, 6.45) is -4.53. The summed E-state index contributed by atoms with van der Waals surface area (Å²) in [5.74, 6) is -1.02. The van der Waals surface area contributed by atoms with Crippen molar-refractivity contribution in [1.29, 1.82) is 0 Å². The lowest BCUT2D eigenvalue weighted by atomic mass is 10.1. The van der Waals surface area contributed by atoms with Crippen LogP contribution >= 0.6 is 0 Å². The number of alkyl halides is 3. The first-order valence-corrected chi connectivity index (χ1v) is 7.91. The normalized spacial score (nSPS) is 11.2. The predicted octanol–water partition coefficient (Wildman–Crippen LogP) is 4.31. The second-order valence-electron chi connectivity index (χ2n) is 5.97. The molecule has 0 aliphatic rings.